The maximum atomic E-state index is 13.9. The number of ketones is 1. The molecule has 0 aliphatic heterocycles. The first-order valence-electron chi connectivity index (χ1n) is 6.94. The monoisotopic (exact) mass is 298 g/mol. The fourth-order valence-electron chi connectivity index (χ4n) is 2.28. The second-order valence-corrected chi connectivity index (χ2v) is 5.25. The molecule has 0 bridgehead atoms. The third kappa shape index (κ3) is 2.83. The highest BCUT2D eigenvalue weighted by molar-refractivity contribution is 5.81. The maximum absolute atomic E-state index is 13.9. The number of benzene rings is 2. The highest BCUT2D eigenvalue weighted by Gasteiger charge is 2.12. The van der Waals surface area contributed by atoms with E-state index in [2.05, 4.69) is 10.3 Å². The number of halogens is 1. The molecule has 5 heteroatoms. The Hall–Kier alpha value is -2.69. The zero-order valence-corrected chi connectivity index (χ0v) is 12.3. The largest absolute Gasteiger partial charge is 0.423 e. The summed E-state index contributed by atoms with van der Waals surface area (Å²) in [5, 5.41) is 3.07. The van der Waals surface area contributed by atoms with E-state index in [4.69, 9.17) is 4.42 Å². The first-order valence-corrected chi connectivity index (χ1v) is 6.94. The summed E-state index contributed by atoms with van der Waals surface area (Å²) in [7, 11) is 0. The van der Waals surface area contributed by atoms with Crippen molar-refractivity contribution in [3.63, 3.8) is 0 Å². The smallest absolute Gasteiger partial charge is 0.300 e. The van der Waals surface area contributed by atoms with E-state index in [-0.39, 0.29) is 12.2 Å². The lowest BCUT2D eigenvalue weighted by Gasteiger charge is -2.04. The Morgan fingerprint density at radius 1 is 1.32 bits per heavy atom. The zero-order valence-electron chi connectivity index (χ0n) is 12.3. The van der Waals surface area contributed by atoms with E-state index in [1.807, 2.05) is 31.2 Å². The number of rotatable bonds is 4. The van der Waals surface area contributed by atoms with Crippen LogP contribution < -0.4 is 5.32 Å². The van der Waals surface area contributed by atoms with Gasteiger partial charge in [-0.25, -0.2) is 4.39 Å². The Labute approximate surface area is 127 Å². The highest BCUT2D eigenvalue weighted by atomic mass is 19.1. The molecule has 0 amide bonds. The lowest BCUT2D eigenvalue weighted by molar-refractivity contribution is -0.116. The minimum atomic E-state index is -0.446. The average Bonchev–Trinajstić information content (AvgIpc) is 2.82. The van der Waals surface area contributed by atoms with Gasteiger partial charge >= 0.3 is 0 Å². The van der Waals surface area contributed by atoms with Gasteiger partial charge in [-0.1, -0.05) is 18.2 Å². The number of Topliss-reactive ketones (excluding diaryl/α,β-unsaturated/α-hetero) is 1. The molecule has 0 atom stereocenters. The molecule has 1 aromatic heterocycles. The van der Waals surface area contributed by atoms with Crippen LogP contribution in [-0.2, 0) is 11.2 Å². The van der Waals surface area contributed by atoms with Crippen LogP contribution in [0.1, 0.15) is 18.1 Å². The molecule has 0 aliphatic carbocycles. The van der Waals surface area contributed by atoms with Crippen LogP contribution >= 0.6 is 0 Å². The summed E-state index contributed by atoms with van der Waals surface area (Å²) in [6.45, 7) is 3.39. The molecule has 0 aliphatic rings. The quantitative estimate of drug-likeness (QED) is 0.786. The third-order valence-electron chi connectivity index (χ3n) is 3.38. The van der Waals surface area contributed by atoms with E-state index in [1.54, 1.807) is 0 Å². The highest BCUT2D eigenvalue weighted by Crippen LogP contribution is 2.26. The van der Waals surface area contributed by atoms with Crippen LogP contribution in [0.25, 0.3) is 11.1 Å². The van der Waals surface area contributed by atoms with Gasteiger partial charge in [0.1, 0.15) is 17.1 Å². The molecule has 0 spiro atoms. The van der Waals surface area contributed by atoms with Crippen molar-refractivity contribution >= 4 is 28.6 Å². The summed E-state index contributed by atoms with van der Waals surface area (Å²) in [6.07, 6.45) is 0.0447. The predicted molar refractivity (Wildman–Crippen MR) is 82.8 cm³/mol. The lowest BCUT2D eigenvalue weighted by Crippen LogP contribution is -1.99. The number of aromatic nitrogens is 1. The average molecular weight is 298 g/mol. The molecule has 1 N–H and O–H groups in total. The number of hydrogen-bond donors (Lipinski definition) is 1. The van der Waals surface area contributed by atoms with Gasteiger partial charge in [-0.2, -0.15) is 4.98 Å². The van der Waals surface area contributed by atoms with E-state index < -0.39 is 5.82 Å². The van der Waals surface area contributed by atoms with Gasteiger partial charge in [-0.05, 0) is 37.1 Å². The number of para-hydroxylation sites is 1. The van der Waals surface area contributed by atoms with Crippen LogP contribution in [0.4, 0.5) is 16.1 Å². The van der Waals surface area contributed by atoms with Crippen molar-refractivity contribution in [1.82, 2.24) is 4.98 Å². The second-order valence-electron chi connectivity index (χ2n) is 5.25. The van der Waals surface area contributed by atoms with Gasteiger partial charge in [0.15, 0.2) is 5.58 Å². The van der Waals surface area contributed by atoms with Crippen molar-refractivity contribution in [3.05, 3.63) is 53.3 Å². The Morgan fingerprint density at radius 2 is 2.09 bits per heavy atom. The predicted octanol–water partition coefficient (Wildman–Crippen LogP) is 4.15. The van der Waals surface area contributed by atoms with E-state index in [0.29, 0.717) is 22.7 Å². The van der Waals surface area contributed by atoms with Crippen molar-refractivity contribution in [2.24, 2.45) is 0 Å². The first kappa shape index (κ1) is 14.3. The number of carbonyl (C=O) groups excluding carboxylic acids is 1. The van der Waals surface area contributed by atoms with Crippen LogP contribution in [0.5, 0.6) is 0 Å². The van der Waals surface area contributed by atoms with Gasteiger partial charge in [0.05, 0.1) is 0 Å². The fraction of sp³-hybridized carbons (Fsp3) is 0.176. The minimum absolute atomic E-state index is 0.0447. The van der Waals surface area contributed by atoms with E-state index in [0.717, 1.165) is 11.3 Å². The number of nitrogens with one attached hydrogen (secondary N) is 1. The Bertz CT molecular complexity index is 855. The van der Waals surface area contributed by atoms with E-state index in [1.165, 1.54) is 19.1 Å². The molecule has 3 rings (SSSR count). The third-order valence-corrected chi connectivity index (χ3v) is 3.38. The number of carbonyl (C=O) groups is 1. The van der Waals surface area contributed by atoms with Crippen LogP contribution in [0.2, 0.25) is 0 Å². The molecular weight excluding hydrogens is 283 g/mol. The minimum Gasteiger partial charge on any atom is -0.423 e. The SMILES string of the molecule is CC(=O)Cc1cc2oc(Nc3ccccc3C)nc2cc1F. The summed E-state index contributed by atoms with van der Waals surface area (Å²) >= 11 is 0. The number of oxazole rings is 1. The lowest BCUT2D eigenvalue weighted by atomic mass is 10.1. The molecule has 22 heavy (non-hydrogen) atoms. The molecule has 0 unspecified atom stereocenters. The molecular formula is C17H15FN2O2. The zero-order chi connectivity index (χ0) is 15.7. The van der Waals surface area contributed by atoms with Crippen LogP contribution in [0, 0.1) is 12.7 Å². The number of anilines is 2. The standard InChI is InChI=1S/C17H15FN2O2/c1-10-5-3-4-6-14(10)19-17-20-15-9-13(18)12(7-11(2)21)8-16(15)22-17/h3-6,8-9H,7H2,1-2H3,(H,19,20). The maximum Gasteiger partial charge on any atom is 0.300 e. The normalized spacial score (nSPS) is 10.9. The first-order chi connectivity index (χ1) is 10.5. The Balaban J connectivity index is 1.96. The Kier molecular flexibility index (Phi) is 3.63. The molecule has 112 valence electrons. The molecule has 4 nitrogen and oxygen atoms in total. The summed E-state index contributed by atoms with van der Waals surface area (Å²) in [4.78, 5) is 15.4. The number of nitrogens with zero attached hydrogens (tertiary/aromatic N) is 1. The molecule has 0 radical (unpaired) electrons. The van der Waals surface area contributed by atoms with Crippen LogP contribution in [-0.4, -0.2) is 10.8 Å². The van der Waals surface area contributed by atoms with Gasteiger partial charge in [0, 0.05) is 18.2 Å². The summed E-state index contributed by atoms with van der Waals surface area (Å²) in [6, 6.07) is 10.8. The van der Waals surface area contributed by atoms with Crippen molar-refractivity contribution in [2.45, 2.75) is 20.3 Å². The summed E-state index contributed by atoms with van der Waals surface area (Å²) < 4.78 is 19.5. The molecule has 3 aromatic rings. The number of fused-ring (bicyclic) bond motifs is 1. The molecule has 0 saturated heterocycles. The molecule has 0 saturated carbocycles. The molecule has 1 heterocycles. The van der Waals surface area contributed by atoms with Gasteiger partial charge in [-0.3, -0.25) is 4.79 Å². The topological polar surface area (TPSA) is 55.1 Å². The molecule has 2 aromatic carbocycles. The van der Waals surface area contributed by atoms with Gasteiger partial charge < -0.3 is 9.73 Å². The summed E-state index contributed by atoms with van der Waals surface area (Å²) in [5.41, 5.74) is 3.11. The number of aryl methyl sites for hydroxylation is 1. The van der Waals surface area contributed by atoms with Crippen molar-refractivity contribution in [3.8, 4) is 0 Å². The second kappa shape index (κ2) is 5.60. The van der Waals surface area contributed by atoms with Crippen molar-refractivity contribution < 1.29 is 13.6 Å². The van der Waals surface area contributed by atoms with Gasteiger partial charge in [0.25, 0.3) is 6.01 Å². The van der Waals surface area contributed by atoms with Crippen molar-refractivity contribution in [2.75, 3.05) is 5.32 Å². The molecule has 0 fully saturated rings. The fourth-order valence-corrected chi connectivity index (χ4v) is 2.28. The van der Waals surface area contributed by atoms with Gasteiger partial charge in [-0.15, -0.1) is 0 Å². The summed E-state index contributed by atoms with van der Waals surface area (Å²) in [5.74, 6) is -0.547. The number of hydrogen-bond acceptors (Lipinski definition) is 4. The Morgan fingerprint density at radius 3 is 2.82 bits per heavy atom. The van der Waals surface area contributed by atoms with Crippen LogP contribution in [0.15, 0.2) is 40.8 Å². The van der Waals surface area contributed by atoms with E-state index >= 15 is 0 Å². The van der Waals surface area contributed by atoms with E-state index in [9.17, 15) is 9.18 Å². The van der Waals surface area contributed by atoms with Crippen molar-refractivity contribution in [1.29, 1.82) is 0 Å². The van der Waals surface area contributed by atoms with Crippen LogP contribution in [0.3, 0.4) is 0 Å². The van der Waals surface area contributed by atoms with Gasteiger partial charge in [0.2, 0.25) is 0 Å².